The maximum Gasteiger partial charge on any atom is 0.0546 e. The van der Waals surface area contributed by atoms with E-state index in [2.05, 4.69) is 181 Å². The Kier molecular flexibility index (Phi) is 5.89. The minimum atomic E-state index is 1.13. The fourth-order valence-corrected chi connectivity index (χ4v) is 7.04. The van der Waals surface area contributed by atoms with E-state index >= 15 is 0 Å². The van der Waals surface area contributed by atoms with Crippen molar-refractivity contribution in [1.82, 2.24) is 0 Å². The zero-order chi connectivity index (χ0) is 29.7. The standard InChI is InChI=1S/C44H29N/c1-2-11-30(12-3-1)34-15-10-16-35(27-34)45(36-25-23-33-22-21-31-13-4-6-17-37(31)42(33)28-36)44-29-43-38-18-7-5-14-32(38)24-26-40(43)39-19-8-9-20-41(39)44/h1-29H. The Labute approximate surface area is 262 Å². The van der Waals surface area contributed by atoms with Gasteiger partial charge >= 0.3 is 0 Å². The number of benzene rings is 9. The van der Waals surface area contributed by atoms with Crippen molar-refractivity contribution in [3.05, 3.63) is 176 Å². The molecular formula is C44H29N. The summed E-state index contributed by atoms with van der Waals surface area (Å²) < 4.78 is 0. The molecule has 0 saturated heterocycles. The molecule has 0 atom stereocenters. The molecule has 0 saturated carbocycles. The Morgan fingerprint density at radius 1 is 0.267 bits per heavy atom. The molecule has 9 rings (SSSR count). The number of anilines is 3. The van der Waals surface area contributed by atoms with Crippen LogP contribution >= 0.6 is 0 Å². The molecule has 0 heterocycles. The second kappa shape index (κ2) is 10.4. The number of hydrogen-bond donors (Lipinski definition) is 0. The van der Waals surface area contributed by atoms with Gasteiger partial charge in [0.1, 0.15) is 0 Å². The summed E-state index contributed by atoms with van der Waals surface area (Å²) in [6, 6.07) is 64.2. The Morgan fingerprint density at radius 2 is 0.800 bits per heavy atom. The van der Waals surface area contributed by atoms with Crippen LogP contribution in [0.4, 0.5) is 17.1 Å². The van der Waals surface area contributed by atoms with Crippen molar-refractivity contribution >= 4 is 70.9 Å². The van der Waals surface area contributed by atoms with Gasteiger partial charge in [-0.1, -0.05) is 146 Å². The zero-order valence-corrected chi connectivity index (χ0v) is 24.7. The van der Waals surface area contributed by atoms with Crippen LogP contribution in [0.1, 0.15) is 0 Å². The smallest absolute Gasteiger partial charge is 0.0546 e. The van der Waals surface area contributed by atoms with Crippen LogP contribution in [0, 0.1) is 0 Å². The average molecular weight is 572 g/mol. The number of fused-ring (bicyclic) bond motifs is 8. The third-order valence-electron chi connectivity index (χ3n) is 9.19. The maximum atomic E-state index is 2.46. The van der Waals surface area contributed by atoms with Crippen molar-refractivity contribution in [3.8, 4) is 11.1 Å². The lowest BCUT2D eigenvalue weighted by Crippen LogP contribution is -2.11. The lowest BCUT2D eigenvalue weighted by atomic mass is 9.94. The number of hydrogen-bond acceptors (Lipinski definition) is 1. The predicted octanol–water partition coefficient (Wildman–Crippen LogP) is 12.6. The van der Waals surface area contributed by atoms with Crippen LogP contribution in [-0.2, 0) is 0 Å². The van der Waals surface area contributed by atoms with E-state index in [1.165, 1.54) is 70.7 Å². The SMILES string of the molecule is c1ccc(-c2cccc(N(c3ccc4ccc5ccccc5c4c3)c3cc4c5ccccc5ccc4c4ccccc34)c2)cc1. The molecule has 0 unspecified atom stereocenters. The van der Waals surface area contributed by atoms with Crippen molar-refractivity contribution in [2.75, 3.05) is 4.90 Å². The van der Waals surface area contributed by atoms with E-state index in [9.17, 15) is 0 Å². The van der Waals surface area contributed by atoms with Gasteiger partial charge in [-0.3, -0.25) is 0 Å². The highest BCUT2D eigenvalue weighted by Gasteiger charge is 2.19. The summed E-state index contributed by atoms with van der Waals surface area (Å²) in [5, 5.41) is 12.6. The highest BCUT2D eigenvalue weighted by Crippen LogP contribution is 2.45. The maximum absolute atomic E-state index is 2.46. The van der Waals surface area contributed by atoms with E-state index in [-0.39, 0.29) is 0 Å². The first kappa shape index (κ1) is 25.6. The molecular weight excluding hydrogens is 542 g/mol. The molecule has 0 aromatic heterocycles. The third-order valence-corrected chi connectivity index (χ3v) is 9.19. The summed E-state index contributed by atoms with van der Waals surface area (Å²) in [6.07, 6.45) is 0. The fraction of sp³-hybridized carbons (Fsp3) is 0. The van der Waals surface area contributed by atoms with Crippen molar-refractivity contribution in [3.63, 3.8) is 0 Å². The van der Waals surface area contributed by atoms with E-state index in [1.54, 1.807) is 0 Å². The summed E-state index contributed by atoms with van der Waals surface area (Å²) in [5.74, 6) is 0. The Balaban J connectivity index is 1.38. The second-order valence-electron chi connectivity index (χ2n) is 11.8. The predicted molar refractivity (Wildman–Crippen MR) is 194 cm³/mol. The zero-order valence-electron chi connectivity index (χ0n) is 24.7. The highest BCUT2D eigenvalue weighted by molar-refractivity contribution is 6.21. The summed E-state index contributed by atoms with van der Waals surface area (Å²) in [6.45, 7) is 0. The first-order chi connectivity index (χ1) is 22.3. The van der Waals surface area contributed by atoms with E-state index in [0.29, 0.717) is 0 Å². The van der Waals surface area contributed by atoms with Crippen molar-refractivity contribution in [1.29, 1.82) is 0 Å². The lowest BCUT2D eigenvalue weighted by Gasteiger charge is -2.28. The van der Waals surface area contributed by atoms with Gasteiger partial charge in [0.25, 0.3) is 0 Å². The molecule has 1 nitrogen and oxygen atoms in total. The van der Waals surface area contributed by atoms with Crippen LogP contribution in [-0.4, -0.2) is 0 Å². The highest BCUT2D eigenvalue weighted by atomic mass is 15.1. The lowest BCUT2D eigenvalue weighted by molar-refractivity contribution is 1.31. The minimum absolute atomic E-state index is 1.13. The van der Waals surface area contributed by atoms with Crippen LogP contribution in [0.3, 0.4) is 0 Å². The topological polar surface area (TPSA) is 3.24 Å². The molecule has 0 amide bonds. The molecule has 0 aliphatic carbocycles. The largest absolute Gasteiger partial charge is 0.310 e. The van der Waals surface area contributed by atoms with Gasteiger partial charge in [0.05, 0.1) is 5.69 Å². The minimum Gasteiger partial charge on any atom is -0.310 e. The van der Waals surface area contributed by atoms with Crippen LogP contribution in [0.2, 0.25) is 0 Å². The van der Waals surface area contributed by atoms with E-state index in [1.807, 2.05) is 0 Å². The molecule has 0 N–H and O–H groups in total. The quantitative estimate of drug-likeness (QED) is 0.190. The summed E-state index contributed by atoms with van der Waals surface area (Å²) >= 11 is 0. The monoisotopic (exact) mass is 571 g/mol. The molecule has 9 aromatic rings. The summed E-state index contributed by atoms with van der Waals surface area (Å²) in [4.78, 5) is 2.46. The van der Waals surface area contributed by atoms with Gasteiger partial charge in [-0.15, -0.1) is 0 Å². The van der Waals surface area contributed by atoms with Gasteiger partial charge < -0.3 is 4.90 Å². The van der Waals surface area contributed by atoms with Crippen LogP contribution < -0.4 is 4.90 Å². The molecule has 0 radical (unpaired) electrons. The third kappa shape index (κ3) is 4.24. The van der Waals surface area contributed by atoms with Crippen LogP contribution in [0.15, 0.2) is 176 Å². The van der Waals surface area contributed by atoms with Gasteiger partial charge in [0.2, 0.25) is 0 Å². The fourth-order valence-electron chi connectivity index (χ4n) is 7.04. The Hall–Kier alpha value is -5.92. The second-order valence-corrected chi connectivity index (χ2v) is 11.8. The molecule has 0 aliphatic rings. The molecule has 210 valence electrons. The molecule has 45 heavy (non-hydrogen) atoms. The van der Waals surface area contributed by atoms with E-state index < -0.39 is 0 Å². The molecule has 0 fully saturated rings. The average Bonchev–Trinajstić information content (AvgIpc) is 3.12. The van der Waals surface area contributed by atoms with Crippen molar-refractivity contribution < 1.29 is 0 Å². The first-order valence-corrected chi connectivity index (χ1v) is 15.5. The molecule has 9 aromatic carbocycles. The summed E-state index contributed by atoms with van der Waals surface area (Å²) in [7, 11) is 0. The van der Waals surface area contributed by atoms with Crippen molar-refractivity contribution in [2.24, 2.45) is 0 Å². The van der Waals surface area contributed by atoms with Gasteiger partial charge in [-0.05, 0) is 89.9 Å². The number of rotatable bonds is 4. The molecule has 0 aliphatic heterocycles. The van der Waals surface area contributed by atoms with E-state index in [0.717, 1.165) is 11.4 Å². The van der Waals surface area contributed by atoms with Gasteiger partial charge in [-0.25, -0.2) is 0 Å². The number of nitrogens with zero attached hydrogens (tertiary/aromatic N) is 1. The van der Waals surface area contributed by atoms with Gasteiger partial charge in [0, 0.05) is 16.8 Å². The first-order valence-electron chi connectivity index (χ1n) is 15.5. The van der Waals surface area contributed by atoms with Crippen LogP contribution in [0.25, 0.3) is 65.0 Å². The molecule has 0 spiro atoms. The Bertz CT molecular complexity index is 2550. The molecule has 0 bridgehead atoms. The molecule has 1 heteroatoms. The van der Waals surface area contributed by atoms with Crippen molar-refractivity contribution in [2.45, 2.75) is 0 Å². The Morgan fingerprint density at radius 3 is 1.58 bits per heavy atom. The van der Waals surface area contributed by atoms with Gasteiger partial charge in [-0.2, -0.15) is 0 Å². The van der Waals surface area contributed by atoms with Crippen LogP contribution in [0.5, 0.6) is 0 Å². The normalized spacial score (nSPS) is 11.6. The summed E-state index contributed by atoms with van der Waals surface area (Å²) in [5.41, 5.74) is 5.83. The van der Waals surface area contributed by atoms with Gasteiger partial charge in [0.15, 0.2) is 0 Å². The van der Waals surface area contributed by atoms with E-state index in [4.69, 9.17) is 0 Å².